The molecule has 0 spiro atoms. The van der Waals surface area contributed by atoms with Gasteiger partial charge in [-0.05, 0) is 49.6 Å². The van der Waals surface area contributed by atoms with Gasteiger partial charge in [0, 0.05) is 19.0 Å². The molecule has 4 rings (SSSR count). The number of carbonyl (C=O) groups excluding carboxylic acids is 1. The summed E-state index contributed by atoms with van der Waals surface area (Å²) in [7, 11) is 0. The zero-order chi connectivity index (χ0) is 16.9. The SMILES string of the molecule is CC1(NC(=O)C2CC3CCCC32)CCN(c2nc(Cl)ncc2F)C1. The van der Waals surface area contributed by atoms with Crippen LogP contribution in [-0.2, 0) is 4.79 Å². The van der Waals surface area contributed by atoms with Gasteiger partial charge in [0.1, 0.15) is 0 Å². The first-order valence-corrected chi connectivity index (χ1v) is 9.08. The molecule has 24 heavy (non-hydrogen) atoms. The number of rotatable bonds is 3. The predicted molar refractivity (Wildman–Crippen MR) is 89.3 cm³/mol. The number of nitrogens with one attached hydrogen (secondary N) is 1. The molecule has 0 bridgehead atoms. The first-order chi connectivity index (χ1) is 11.5. The van der Waals surface area contributed by atoms with Gasteiger partial charge in [0.25, 0.3) is 0 Å². The number of fused-ring (bicyclic) bond motifs is 1. The quantitative estimate of drug-likeness (QED) is 0.850. The van der Waals surface area contributed by atoms with E-state index in [1.54, 1.807) is 0 Å². The summed E-state index contributed by atoms with van der Waals surface area (Å²) in [4.78, 5) is 22.1. The van der Waals surface area contributed by atoms with Crippen LogP contribution in [0, 0.1) is 23.6 Å². The van der Waals surface area contributed by atoms with E-state index in [0.29, 0.717) is 19.0 Å². The maximum Gasteiger partial charge on any atom is 0.224 e. The highest BCUT2D eigenvalue weighted by atomic mass is 35.5. The molecular weight excluding hydrogens is 331 g/mol. The van der Waals surface area contributed by atoms with Crippen LogP contribution in [0.5, 0.6) is 0 Å². The van der Waals surface area contributed by atoms with Crippen LogP contribution in [-0.4, -0.2) is 34.5 Å². The zero-order valence-electron chi connectivity index (χ0n) is 13.8. The Bertz CT molecular complexity index is 672. The van der Waals surface area contributed by atoms with Crippen molar-refractivity contribution in [3.05, 3.63) is 17.3 Å². The number of aromatic nitrogens is 2. The monoisotopic (exact) mass is 352 g/mol. The number of hydrogen-bond acceptors (Lipinski definition) is 4. The molecule has 0 radical (unpaired) electrons. The Morgan fingerprint density at radius 3 is 3.12 bits per heavy atom. The average Bonchev–Trinajstić information content (AvgIpc) is 3.06. The predicted octanol–water partition coefficient (Wildman–Crippen LogP) is 2.79. The average molecular weight is 353 g/mol. The van der Waals surface area contributed by atoms with E-state index >= 15 is 0 Å². The van der Waals surface area contributed by atoms with Gasteiger partial charge in [-0.3, -0.25) is 4.79 Å². The lowest BCUT2D eigenvalue weighted by molar-refractivity contribution is -0.134. The number of anilines is 1. The molecule has 4 atom stereocenters. The number of nitrogens with zero attached hydrogens (tertiary/aromatic N) is 3. The van der Waals surface area contributed by atoms with Crippen molar-refractivity contribution in [2.75, 3.05) is 18.0 Å². The van der Waals surface area contributed by atoms with E-state index in [2.05, 4.69) is 15.3 Å². The molecule has 4 unspecified atom stereocenters. The molecule has 1 aromatic rings. The molecule has 2 heterocycles. The fraction of sp³-hybridized carbons (Fsp3) is 0.706. The molecule has 5 nitrogen and oxygen atoms in total. The summed E-state index contributed by atoms with van der Waals surface area (Å²) in [5, 5.41) is 3.26. The molecule has 1 aromatic heterocycles. The van der Waals surface area contributed by atoms with Crippen LogP contribution in [0.15, 0.2) is 6.20 Å². The molecule has 1 saturated heterocycles. The first kappa shape index (κ1) is 16.1. The molecule has 7 heteroatoms. The van der Waals surface area contributed by atoms with Crippen molar-refractivity contribution >= 4 is 23.3 Å². The van der Waals surface area contributed by atoms with E-state index in [1.807, 2.05) is 11.8 Å². The molecular formula is C17H22ClFN4O. The maximum atomic E-state index is 14.0. The van der Waals surface area contributed by atoms with Crippen molar-refractivity contribution in [2.24, 2.45) is 17.8 Å². The topological polar surface area (TPSA) is 58.1 Å². The van der Waals surface area contributed by atoms with Crippen LogP contribution in [0.3, 0.4) is 0 Å². The second-order valence-electron chi connectivity index (χ2n) is 7.73. The smallest absolute Gasteiger partial charge is 0.224 e. The second-order valence-corrected chi connectivity index (χ2v) is 8.07. The molecule has 2 aliphatic carbocycles. The minimum Gasteiger partial charge on any atom is -0.352 e. The second kappa shape index (κ2) is 5.83. The highest BCUT2D eigenvalue weighted by molar-refractivity contribution is 6.28. The molecule has 1 amide bonds. The third kappa shape index (κ3) is 2.75. The Morgan fingerprint density at radius 2 is 2.33 bits per heavy atom. The van der Waals surface area contributed by atoms with Crippen molar-refractivity contribution in [2.45, 2.75) is 44.6 Å². The Kier molecular flexibility index (Phi) is 3.90. The van der Waals surface area contributed by atoms with Crippen molar-refractivity contribution < 1.29 is 9.18 Å². The lowest BCUT2D eigenvalue weighted by Crippen LogP contribution is -2.54. The highest BCUT2D eigenvalue weighted by Crippen LogP contribution is 2.51. The minimum atomic E-state index is -0.484. The van der Waals surface area contributed by atoms with E-state index in [4.69, 9.17) is 11.6 Å². The van der Waals surface area contributed by atoms with Crippen molar-refractivity contribution in [3.8, 4) is 0 Å². The van der Waals surface area contributed by atoms with Gasteiger partial charge in [-0.2, -0.15) is 4.98 Å². The van der Waals surface area contributed by atoms with E-state index < -0.39 is 5.82 Å². The van der Waals surface area contributed by atoms with Gasteiger partial charge in [0.2, 0.25) is 11.2 Å². The molecule has 3 aliphatic rings. The third-order valence-electron chi connectivity index (χ3n) is 6.02. The first-order valence-electron chi connectivity index (χ1n) is 8.70. The van der Waals surface area contributed by atoms with Crippen LogP contribution in [0.1, 0.15) is 39.0 Å². The summed E-state index contributed by atoms with van der Waals surface area (Å²) in [6.45, 7) is 3.19. The molecule has 0 aromatic carbocycles. The lowest BCUT2D eigenvalue weighted by Gasteiger charge is -2.41. The largest absolute Gasteiger partial charge is 0.352 e. The standard InChI is InChI=1S/C17H22ClFN4O/c1-17(22-15(24)12-7-10-3-2-4-11(10)12)5-6-23(9-17)14-13(19)8-20-16(18)21-14/h8,10-12H,2-7,9H2,1H3,(H,22,24). The van der Waals surface area contributed by atoms with Crippen molar-refractivity contribution in [3.63, 3.8) is 0 Å². The summed E-state index contributed by atoms with van der Waals surface area (Å²) in [6, 6.07) is 0. The third-order valence-corrected chi connectivity index (χ3v) is 6.20. The van der Waals surface area contributed by atoms with Gasteiger partial charge in [-0.25, -0.2) is 9.37 Å². The normalized spacial score (nSPS) is 34.8. The highest BCUT2D eigenvalue weighted by Gasteiger charge is 2.48. The van der Waals surface area contributed by atoms with E-state index in [1.165, 1.54) is 19.3 Å². The van der Waals surface area contributed by atoms with Crippen LogP contribution >= 0.6 is 11.6 Å². The Hall–Kier alpha value is -1.43. The molecule has 1 N–H and O–H groups in total. The zero-order valence-corrected chi connectivity index (χ0v) is 14.5. The van der Waals surface area contributed by atoms with Crippen LogP contribution in [0.2, 0.25) is 5.28 Å². The van der Waals surface area contributed by atoms with Crippen molar-refractivity contribution in [1.29, 1.82) is 0 Å². The summed E-state index contributed by atoms with van der Waals surface area (Å²) in [5.41, 5.74) is -0.357. The number of hydrogen-bond donors (Lipinski definition) is 1. The summed E-state index contributed by atoms with van der Waals surface area (Å²) in [6.07, 6.45) is 6.63. The Balaban J connectivity index is 1.41. The minimum absolute atomic E-state index is 0.0331. The van der Waals surface area contributed by atoms with Gasteiger partial charge in [0.15, 0.2) is 11.6 Å². The van der Waals surface area contributed by atoms with Gasteiger partial charge >= 0.3 is 0 Å². The Labute approximate surface area is 146 Å². The summed E-state index contributed by atoms with van der Waals surface area (Å²) >= 11 is 5.78. The summed E-state index contributed by atoms with van der Waals surface area (Å²) in [5.74, 6) is 1.43. The van der Waals surface area contributed by atoms with Crippen LogP contribution < -0.4 is 10.2 Å². The van der Waals surface area contributed by atoms with Gasteiger partial charge in [-0.15, -0.1) is 0 Å². The molecule has 2 saturated carbocycles. The number of amides is 1. The maximum absolute atomic E-state index is 14.0. The van der Waals surface area contributed by atoms with E-state index in [-0.39, 0.29) is 28.5 Å². The van der Waals surface area contributed by atoms with Crippen molar-refractivity contribution in [1.82, 2.24) is 15.3 Å². The Morgan fingerprint density at radius 1 is 1.50 bits per heavy atom. The molecule has 3 fully saturated rings. The van der Waals surface area contributed by atoms with Gasteiger partial charge < -0.3 is 10.2 Å². The fourth-order valence-electron chi connectivity index (χ4n) is 4.69. The lowest BCUT2D eigenvalue weighted by atomic mass is 9.66. The number of carbonyl (C=O) groups is 1. The van der Waals surface area contributed by atoms with E-state index in [0.717, 1.165) is 25.0 Å². The van der Waals surface area contributed by atoms with Crippen LogP contribution in [0.4, 0.5) is 10.2 Å². The number of halogens is 2. The van der Waals surface area contributed by atoms with Gasteiger partial charge in [0.05, 0.1) is 11.7 Å². The summed E-state index contributed by atoms with van der Waals surface area (Å²) < 4.78 is 14.0. The molecule has 1 aliphatic heterocycles. The fourth-order valence-corrected chi connectivity index (χ4v) is 4.82. The van der Waals surface area contributed by atoms with Gasteiger partial charge in [-0.1, -0.05) is 12.8 Å². The van der Waals surface area contributed by atoms with Crippen LogP contribution in [0.25, 0.3) is 0 Å². The van der Waals surface area contributed by atoms with E-state index in [9.17, 15) is 9.18 Å². The molecule has 130 valence electrons.